The van der Waals surface area contributed by atoms with Gasteiger partial charge in [0, 0.05) is 19.2 Å². The van der Waals surface area contributed by atoms with Gasteiger partial charge in [-0.15, -0.1) is 0 Å². The van der Waals surface area contributed by atoms with Crippen LogP contribution in [0.15, 0.2) is 28.9 Å². The van der Waals surface area contributed by atoms with E-state index in [0.717, 1.165) is 19.6 Å². The van der Waals surface area contributed by atoms with Gasteiger partial charge in [-0.3, -0.25) is 9.59 Å². The summed E-state index contributed by atoms with van der Waals surface area (Å²) >= 11 is 0. The van der Waals surface area contributed by atoms with Gasteiger partial charge in [-0.1, -0.05) is 12.8 Å². The van der Waals surface area contributed by atoms with Crippen molar-refractivity contribution in [3.63, 3.8) is 0 Å². The normalized spacial score (nSPS) is 16.2. The quantitative estimate of drug-likeness (QED) is 0.745. The summed E-state index contributed by atoms with van der Waals surface area (Å²) < 4.78 is 5.08. The van der Waals surface area contributed by atoms with E-state index in [9.17, 15) is 9.59 Å². The van der Waals surface area contributed by atoms with Crippen LogP contribution in [-0.4, -0.2) is 49.4 Å². The lowest BCUT2D eigenvalue weighted by molar-refractivity contribution is -0.123. The maximum atomic E-state index is 11.7. The van der Waals surface area contributed by atoms with Gasteiger partial charge >= 0.3 is 0 Å². The number of hydrogen-bond donors (Lipinski definition) is 2. The van der Waals surface area contributed by atoms with E-state index < -0.39 is 0 Å². The lowest BCUT2D eigenvalue weighted by atomic mass is 10.2. The topological polar surface area (TPSA) is 74.6 Å². The van der Waals surface area contributed by atoms with Crippen LogP contribution in [0.25, 0.3) is 6.08 Å². The van der Waals surface area contributed by atoms with Gasteiger partial charge in [-0.05, 0) is 44.1 Å². The molecule has 1 aromatic heterocycles. The van der Waals surface area contributed by atoms with Gasteiger partial charge in [0.25, 0.3) is 0 Å². The van der Waals surface area contributed by atoms with E-state index in [2.05, 4.69) is 15.5 Å². The fourth-order valence-electron chi connectivity index (χ4n) is 2.55. The van der Waals surface area contributed by atoms with E-state index in [4.69, 9.17) is 4.42 Å². The number of carbonyl (C=O) groups excluding carboxylic acids is 2. The SMILES string of the molecule is O=C(/C=C/c1ccco1)NCC(=O)NCCN1CCCCCC1. The highest BCUT2D eigenvalue weighted by molar-refractivity contribution is 5.93. The highest BCUT2D eigenvalue weighted by Crippen LogP contribution is 2.08. The summed E-state index contributed by atoms with van der Waals surface area (Å²) in [7, 11) is 0. The van der Waals surface area contributed by atoms with Crippen molar-refractivity contribution in [2.45, 2.75) is 25.7 Å². The molecule has 0 bridgehead atoms. The molecule has 0 atom stereocenters. The number of carbonyl (C=O) groups is 2. The lowest BCUT2D eigenvalue weighted by Crippen LogP contribution is -2.40. The first kappa shape index (κ1) is 17.3. The Bertz CT molecular complexity index is 503. The summed E-state index contributed by atoms with van der Waals surface area (Å²) in [4.78, 5) is 25.7. The second-order valence-corrected chi connectivity index (χ2v) is 5.67. The van der Waals surface area contributed by atoms with Crippen LogP contribution in [-0.2, 0) is 9.59 Å². The van der Waals surface area contributed by atoms with E-state index in [1.165, 1.54) is 38.0 Å². The number of amides is 2. The summed E-state index contributed by atoms with van der Waals surface area (Å²) in [5, 5.41) is 5.39. The van der Waals surface area contributed by atoms with E-state index in [0.29, 0.717) is 12.3 Å². The van der Waals surface area contributed by atoms with Crippen molar-refractivity contribution in [1.82, 2.24) is 15.5 Å². The fourth-order valence-corrected chi connectivity index (χ4v) is 2.55. The van der Waals surface area contributed by atoms with Crippen molar-refractivity contribution in [1.29, 1.82) is 0 Å². The standard InChI is InChI=1S/C17H25N3O3/c21-16(8-7-15-6-5-13-23-15)19-14-17(22)18-9-12-20-10-3-1-2-4-11-20/h5-8,13H,1-4,9-12,14H2,(H,18,22)(H,19,21)/b8-7+. The smallest absolute Gasteiger partial charge is 0.244 e. The third-order valence-corrected chi connectivity index (χ3v) is 3.81. The fraction of sp³-hybridized carbons (Fsp3) is 0.529. The highest BCUT2D eigenvalue weighted by Gasteiger charge is 2.09. The number of likely N-dealkylation sites (tertiary alicyclic amines) is 1. The number of rotatable bonds is 7. The highest BCUT2D eigenvalue weighted by atomic mass is 16.3. The zero-order valence-corrected chi connectivity index (χ0v) is 13.4. The Morgan fingerprint density at radius 1 is 1.17 bits per heavy atom. The molecule has 0 aliphatic carbocycles. The van der Waals surface area contributed by atoms with Crippen molar-refractivity contribution < 1.29 is 14.0 Å². The summed E-state index contributed by atoms with van der Waals surface area (Å²) in [5.74, 6) is 0.116. The number of hydrogen-bond acceptors (Lipinski definition) is 4. The molecule has 1 aromatic rings. The van der Waals surface area contributed by atoms with Crippen molar-refractivity contribution in [3.05, 3.63) is 30.2 Å². The Balaban J connectivity index is 1.56. The van der Waals surface area contributed by atoms with Gasteiger partial charge < -0.3 is 20.0 Å². The Kier molecular flexibility index (Phi) is 7.39. The van der Waals surface area contributed by atoms with Crippen molar-refractivity contribution in [2.75, 3.05) is 32.7 Å². The number of furan rings is 1. The lowest BCUT2D eigenvalue weighted by Gasteiger charge is -2.19. The van der Waals surface area contributed by atoms with Gasteiger partial charge in [-0.25, -0.2) is 0 Å². The molecular formula is C17H25N3O3. The minimum absolute atomic E-state index is 0.0126. The van der Waals surface area contributed by atoms with Gasteiger partial charge in [0.15, 0.2) is 0 Å². The third-order valence-electron chi connectivity index (χ3n) is 3.81. The molecular weight excluding hydrogens is 294 g/mol. The maximum absolute atomic E-state index is 11.7. The maximum Gasteiger partial charge on any atom is 0.244 e. The Morgan fingerprint density at radius 2 is 1.96 bits per heavy atom. The predicted molar refractivity (Wildman–Crippen MR) is 88.7 cm³/mol. The Morgan fingerprint density at radius 3 is 2.65 bits per heavy atom. The van der Waals surface area contributed by atoms with Crippen LogP contribution in [0.3, 0.4) is 0 Å². The van der Waals surface area contributed by atoms with E-state index >= 15 is 0 Å². The summed E-state index contributed by atoms with van der Waals surface area (Å²) in [6.07, 6.45) is 9.55. The van der Waals surface area contributed by atoms with Gasteiger partial charge in [0.1, 0.15) is 5.76 Å². The molecule has 2 N–H and O–H groups in total. The average Bonchev–Trinajstić information content (AvgIpc) is 2.94. The van der Waals surface area contributed by atoms with Crippen LogP contribution in [0.2, 0.25) is 0 Å². The largest absolute Gasteiger partial charge is 0.465 e. The minimum atomic E-state index is -0.316. The second-order valence-electron chi connectivity index (χ2n) is 5.67. The van der Waals surface area contributed by atoms with Crippen LogP contribution in [0.1, 0.15) is 31.4 Å². The first-order chi connectivity index (χ1) is 11.2. The van der Waals surface area contributed by atoms with Crippen LogP contribution >= 0.6 is 0 Å². The van der Waals surface area contributed by atoms with Crippen LogP contribution in [0.4, 0.5) is 0 Å². The van der Waals surface area contributed by atoms with Crippen LogP contribution in [0.5, 0.6) is 0 Å². The van der Waals surface area contributed by atoms with Crippen molar-refractivity contribution in [3.8, 4) is 0 Å². The van der Waals surface area contributed by atoms with Gasteiger partial charge in [0.2, 0.25) is 11.8 Å². The van der Waals surface area contributed by atoms with Crippen molar-refractivity contribution >= 4 is 17.9 Å². The Labute approximate surface area is 136 Å². The van der Waals surface area contributed by atoms with Gasteiger partial charge in [0.05, 0.1) is 12.8 Å². The number of nitrogens with one attached hydrogen (secondary N) is 2. The summed E-state index contributed by atoms with van der Waals surface area (Å²) in [5.41, 5.74) is 0. The molecule has 1 aliphatic heterocycles. The molecule has 6 nitrogen and oxygen atoms in total. The molecule has 0 saturated carbocycles. The molecule has 1 aliphatic rings. The molecule has 0 spiro atoms. The molecule has 0 radical (unpaired) electrons. The number of nitrogens with zero attached hydrogens (tertiary/aromatic N) is 1. The zero-order valence-electron chi connectivity index (χ0n) is 13.4. The summed E-state index contributed by atoms with van der Waals surface area (Å²) in [6, 6.07) is 3.49. The van der Waals surface area contributed by atoms with E-state index in [1.807, 2.05) is 0 Å². The molecule has 0 aromatic carbocycles. The van der Waals surface area contributed by atoms with E-state index in [1.54, 1.807) is 18.2 Å². The predicted octanol–water partition coefficient (Wildman–Crippen LogP) is 1.40. The second kappa shape index (κ2) is 9.84. The molecule has 1 saturated heterocycles. The molecule has 2 amide bonds. The molecule has 23 heavy (non-hydrogen) atoms. The molecule has 6 heteroatoms. The Hall–Kier alpha value is -2.08. The zero-order chi connectivity index (χ0) is 16.3. The van der Waals surface area contributed by atoms with Crippen molar-refractivity contribution in [2.24, 2.45) is 0 Å². The average molecular weight is 319 g/mol. The first-order valence-electron chi connectivity index (χ1n) is 8.22. The molecule has 2 rings (SSSR count). The van der Waals surface area contributed by atoms with Crippen LogP contribution in [0, 0.1) is 0 Å². The van der Waals surface area contributed by atoms with Gasteiger partial charge in [-0.2, -0.15) is 0 Å². The van der Waals surface area contributed by atoms with Crippen LogP contribution < -0.4 is 10.6 Å². The molecule has 126 valence electrons. The first-order valence-corrected chi connectivity index (χ1v) is 8.22. The molecule has 2 heterocycles. The minimum Gasteiger partial charge on any atom is -0.465 e. The molecule has 1 fully saturated rings. The van der Waals surface area contributed by atoms with E-state index in [-0.39, 0.29) is 18.4 Å². The third kappa shape index (κ3) is 7.15. The summed E-state index contributed by atoms with van der Waals surface area (Å²) in [6.45, 7) is 3.71. The monoisotopic (exact) mass is 319 g/mol. The molecule has 0 unspecified atom stereocenters.